The van der Waals surface area contributed by atoms with Crippen molar-refractivity contribution in [1.82, 2.24) is 0 Å². The molecule has 244 valence electrons. The van der Waals surface area contributed by atoms with Crippen LogP contribution in [0.3, 0.4) is 0 Å². The molecule has 3 aliphatic rings. The minimum atomic E-state index is 0. The molecular weight excluding hydrogens is 777 g/mol. The number of fused-ring (bicyclic) bond motifs is 2. The molecule has 0 N–H and O–H groups in total. The standard InChI is InChI=1S/C16H16.C11H18.C8H11.2C2H6.CH4.2CH3.W.Y/c1-2-6-14-11-12-16-8-4-3-7-15(16)10-9-13(14)5-1;1-8(2)10(4)11-6-5-9(3)7-11;1-3-8-5-4-7(2)6-8;2*1-2;;;;;/h1-8H,9-12H2;5-6,8,10H,7H2,1-4H3;3-5H,6H2,1-2H3;2*1-2H3;1H4;2*1H3;;/q;;-1;;;;2*-1;;+3. The Morgan fingerprint density at radius 3 is 1.16 bits per heavy atom. The van der Waals surface area contributed by atoms with E-state index in [1.54, 1.807) is 5.57 Å². The van der Waals surface area contributed by atoms with Gasteiger partial charge in [-0.3, -0.25) is 0 Å². The first-order valence-corrected chi connectivity index (χ1v) is 15.5. The molecule has 0 saturated heterocycles. The third-order valence-electron chi connectivity index (χ3n) is 7.65. The molecule has 2 aromatic carbocycles. The van der Waals surface area contributed by atoms with Crippen molar-refractivity contribution < 1.29 is 53.8 Å². The molecule has 0 spiro atoms. The first-order chi connectivity index (χ1) is 18.9. The molecule has 0 aromatic heterocycles. The normalized spacial score (nSPS) is 13.8. The van der Waals surface area contributed by atoms with Crippen molar-refractivity contribution in [3.63, 3.8) is 0 Å². The Hall–Kier alpha value is -0.938. The van der Waals surface area contributed by atoms with Gasteiger partial charge in [-0.2, -0.15) is 0 Å². The van der Waals surface area contributed by atoms with E-state index in [2.05, 4.69) is 121 Å². The van der Waals surface area contributed by atoms with Gasteiger partial charge >= 0.3 is 32.7 Å². The van der Waals surface area contributed by atoms with E-state index >= 15 is 0 Å². The van der Waals surface area contributed by atoms with Crippen molar-refractivity contribution in [2.24, 2.45) is 11.8 Å². The molecule has 2 aromatic rings. The van der Waals surface area contributed by atoms with Gasteiger partial charge in [0.1, 0.15) is 0 Å². The number of allylic oxidation sites excluding steroid dienone is 8. The minimum Gasteiger partial charge on any atom is -0.358 e. The van der Waals surface area contributed by atoms with Gasteiger partial charge in [0.05, 0.1) is 0 Å². The molecule has 0 bridgehead atoms. The Labute approximate surface area is 316 Å². The van der Waals surface area contributed by atoms with Crippen LogP contribution in [0.15, 0.2) is 95.1 Å². The summed E-state index contributed by atoms with van der Waals surface area (Å²) in [6, 6.07) is 17.8. The molecule has 0 nitrogen and oxygen atoms in total. The Bertz CT molecular complexity index is 1010. The fourth-order valence-corrected chi connectivity index (χ4v) is 4.95. The Morgan fingerprint density at radius 1 is 0.591 bits per heavy atom. The maximum atomic E-state index is 2.32. The summed E-state index contributed by atoms with van der Waals surface area (Å²) in [4.78, 5) is 0. The fourth-order valence-electron chi connectivity index (χ4n) is 4.95. The van der Waals surface area contributed by atoms with E-state index in [0.717, 1.165) is 18.3 Å². The van der Waals surface area contributed by atoms with Crippen LogP contribution >= 0.6 is 0 Å². The molecule has 5 rings (SSSR count). The molecule has 0 saturated carbocycles. The quantitative estimate of drug-likeness (QED) is 0.270. The molecule has 1 atom stereocenters. The second kappa shape index (κ2) is 30.7. The summed E-state index contributed by atoms with van der Waals surface area (Å²) in [6.45, 7) is 21.4. The SMILES string of the molecule is C.CC.CC.CC1=CC=C(C(C)C(C)C)C1.C[CH-]C1=CC=C(C)C1.[CH3-].[CH3-].[W].[Y+3].c1ccc2c(c1)CCc1ccccc1CC2. The van der Waals surface area contributed by atoms with Gasteiger partial charge in [-0.1, -0.05) is 133 Å². The van der Waals surface area contributed by atoms with E-state index in [4.69, 9.17) is 0 Å². The second-order valence-corrected chi connectivity index (χ2v) is 10.7. The van der Waals surface area contributed by atoms with Crippen LogP contribution in [0.25, 0.3) is 0 Å². The van der Waals surface area contributed by atoms with Crippen LogP contribution in [0.2, 0.25) is 0 Å². The molecule has 0 heterocycles. The summed E-state index contributed by atoms with van der Waals surface area (Å²) in [5, 5.41) is 0. The predicted molar refractivity (Wildman–Crippen MR) is 197 cm³/mol. The summed E-state index contributed by atoms with van der Waals surface area (Å²) in [5.41, 5.74) is 12.2. The maximum absolute atomic E-state index is 2.32. The van der Waals surface area contributed by atoms with E-state index in [-0.39, 0.29) is 76.1 Å². The molecule has 0 amide bonds. The molecule has 0 aliphatic heterocycles. The van der Waals surface area contributed by atoms with Gasteiger partial charge in [0.2, 0.25) is 0 Å². The Morgan fingerprint density at radius 2 is 0.932 bits per heavy atom. The fraction of sp³-hybridized carbons (Fsp3) is 0.452. The van der Waals surface area contributed by atoms with Crippen LogP contribution in [-0.2, 0) is 79.5 Å². The van der Waals surface area contributed by atoms with Crippen molar-refractivity contribution in [2.45, 2.75) is 115 Å². The first-order valence-electron chi connectivity index (χ1n) is 15.5. The number of aryl methyl sites for hydroxylation is 4. The molecule has 0 radical (unpaired) electrons. The Balaban J connectivity index is -0.000000162. The average Bonchev–Trinajstić information content (AvgIpc) is 3.60. The van der Waals surface area contributed by atoms with Gasteiger partial charge < -0.3 is 14.9 Å². The third kappa shape index (κ3) is 18.9. The van der Waals surface area contributed by atoms with Crippen molar-refractivity contribution in [3.05, 3.63) is 139 Å². The first kappa shape index (κ1) is 52.6. The van der Waals surface area contributed by atoms with Gasteiger partial charge in [0, 0.05) is 21.1 Å². The summed E-state index contributed by atoms with van der Waals surface area (Å²) in [6.07, 6.45) is 18.2. The van der Waals surface area contributed by atoms with Crippen LogP contribution in [-0.4, -0.2) is 0 Å². The van der Waals surface area contributed by atoms with Crippen molar-refractivity contribution >= 4 is 0 Å². The largest absolute Gasteiger partial charge is 3.00 e. The molecule has 2 heteroatoms. The van der Waals surface area contributed by atoms with Crippen molar-refractivity contribution in [3.8, 4) is 0 Å². The summed E-state index contributed by atoms with van der Waals surface area (Å²) >= 11 is 0. The number of rotatable bonds is 3. The summed E-state index contributed by atoms with van der Waals surface area (Å²) in [5.74, 6) is 1.53. The van der Waals surface area contributed by atoms with Gasteiger partial charge in [-0.05, 0) is 86.5 Å². The van der Waals surface area contributed by atoms with Gasteiger partial charge in [0.15, 0.2) is 0 Å². The monoisotopic (exact) mass is 844 g/mol. The van der Waals surface area contributed by atoms with Crippen LogP contribution in [0.4, 0.5) is 0 Å². The topological polar surface area (TPSA) is 0 Å². The zero-order valence-corrected chi connectivity index (χ0v) is 35.7. The maximum Gasteiger partial charge on any atom is 3.00 e. The van der Waals surface area contributed by atoms with E-state index < -0.39 is 0 Å². The minimum absolute atomic E-state index is 0. The number of benzene rings is 2. The van der Waals surface area contributed by atoms with Crippen LogP contribution in [0.5, 0.6) is 0 Å². The number of hydrogen-bond donors (Lipinski definition) is 0. The molecule has 1 unspecified atom stereocenters. The summed E-state index contributed by atoms with van der Waals surface area (Å²) in [7, 11) is 0. The van der Waals surface area contributed by atoms with E-state index in [0.29, 0.717) is 0 Å². The van der Waals surface area contributed by atoms with Crippen LogP contribution in [0.1, 0.15) is 112 Å². The molecule has 44 heavy (non-hydrogen) atoms. The van der Waals surface area contributed by atoms with E-state index in [9.17, 15) is 0 Å². The zero-order chi connectivity index (χ0) is 29.2. The van der Waals surface area contributed by atoms with Gasteiger partial charge in [-0.25, -0.2) is 18.1 Å². The second-order valence-electron chi connectivity index (χ2n) is 10.7. The van der Waals surface area contributed by atoms with E-state index in [1.165, 1.54) is 71.1 Å². The van der Waals surface area contributed by atoms with Gasteiger partial charge in [-0.15, -0.1) is 13.0 Å². The van der Waals surface area contributed by atoms with Gasteiger partial charge in [0.25, 0.3) is 0 Å². The predicted octanol–water partition coefficient (Wildman–Crippen LogP) is 13.2. The van der Waals surface area contributed by atoms with Crippen LogP contribution in [0, 0.1) is 33.1 Å². The third-order valence-corrected chi connectivity index (χ3v) is 7.65. The summed E-state index contributed by atoms with van der Waals surface area (Å²) < 4.78 is 0. The molecular formula is C42H67WY. The molecule has 3 aliphatic carbocycles. The molecule has 0 fully saturated rings. The van der Waals surface area contributed by atoms with Crippen molar-refractivity contribution in [2.75, 3.05) is 0 Å². The number of hydrogen-bond acceptors (Lipinski definition) is 0. The van der Waals surface area contributed by atoms with E-state index in [1.807, 2.05) is 27.7 Å². The Kier molecular flexibility index (Phi) is 36.7. The zero-order valence-electron chi connectivity index (χ0n) is 29.9. The smallest absolute Gasteiger partial charge is 0.358 e. The average molecular weight is 845 g/mol. The van der Waals surface area contributed by atoms with Crippen molar-refractivity contribution in [1.29, 1.82) is 0 Å². The van der Waals surface area contributed by atoms with Crippen LogP contribution < -0.4 is 0 Å².